The number of carbonyl (C=O) groups excluding carboxylic acids is 18. The van der Waals surface area contributed by atoms with Crippen molar-refractivity contribution < 1.29 is 228 Å². The van der Waals surface area contributed by atoms with Crippen molar-refractivity contribution in [1.82, 2.24) is 0 Å². The van der Waals surface area contributed by atoms with Crippen molar-refractivity contribution in [3.8, 4) is 0 Å². The van der Waals surface area contributed by atoms with E-state index in [2.05, 4.69) is 0 Å². The number of hydrogen-bond acceptors (Lipinski definition) is 48. The van der Waals surface area contributed by atoms with Crippen LogP contribution >= 0.6 is 0 Å². The van der Waals surface area contributed by atoms with Crippen LogP contribution in [0.1, 0.15) is 125 Å². The summed E-state index contributed by atoms with van der Waals surface area (Å²) in [6, 6.07) is 0. The summed E-state index contributed by atoms with van der Waals surface area (Å²) in [5, 5.41) is 0. The molecule has 22 fully saturated rings. The second-order valence-electron chi connectivity index (χ2n) is 27.6. The number of rotatable bonds is 24. The summed E-state index contributed by atoms with van der Waals surface area (Å²) in [4.78, 5) is 243. The molecule has 0 aliphatic carbocycles. The van der Waals surface area contributed by atoms with E-state index >= 15 is 0 Å². The van der Waals surface area contributed by atoms with Gasteiger partial charge in [-0.3, -0.25) is 86.3 Å². The summed E-state index contributed by atoms with van der Waals surface area (Å²) >= 11 is 0. The molecule has 48 nitrogen and oxygen atoms in total. The third kappa shape index (κ3) is 27.5. The number of carbonyl (C=O) groups is 18. The van der Waals surface area contributed by atoms with Gasteiger partial charge in [-0.2, -0.15) is 0 Å². The number of hydrogen-bond donors (Lipinski definition) is 0. The zero-order valence-electron chi connectivity index (χ0n) is 68.2. The Kier molecular flexibility index (Phi) is 35.6. The molecule has 1 unspecified atom stereocenters. The summed E-state index contributed by atoms with van der Waals surface area (Å²) in [5.74, 6) is -21.5. The van der Waals surface area contributed by atoms with Crippen molar-refractivity contribution >= 4 is 107 Å². The van der Waals surface area contributed by atoms with Gasteiger partial charge in [-0.25, -0.2) is 0 Å². The summed E-state index contributed by atoms with van der Waals surface area (Å²) in [7, 11) is 0. The smallest absolute Gasteiger partial charge is 0.303 e. The fourth-order valence-electron chi connectivity index (χ4n) is 13.7. The zero-order chi connectivity index (χ0) is 89.2. The van der Waals surface area contributed by atoms with Crippen LogP contribution in [0.25, 0.3) is 0 Å². The normalized spacial score (nSPS) is 34.6. The topological polar surface area (TPSA) is 584 Å². The van der Waals surface area contributed by atoms with Gasteiger partial charge in [0.25, 0.3) is 0 Å². The van der Waals surface area contributed by atoms with Gasteiger partial charge in [0.05, 0.1) is 0 Å². The Labute approximate surface area is 682 Å². The van der Waals surface area contributed by atoms with E-state index in [0.29, 0.717) is 0 Å². The summed E-state index contributed by atoms with van der Waals surface area (Å²) in [6.45, 7) is 9.13. The van der Waals surface area contributed by atoms with Gasteiger partial charge >= 0.3 is 107 Å². The zero-order valence-corrected chi connectivity index (χ0v) is 68.2. The van der Waals surface area contributed by atoms with E-state index in [1.54, 1.807) is 0 Å². The highest BCUT2D eigenvalue weighted by Crippen LogP contribution is 2.44. The summed E-state index contributed by atoms with van der Waals surface area (Å²) < 4.78 is 183. The molecular formula is C72H96O48. The van der Waals surface area contributed by atoms with Crippen LogP contribution < -0.4 is 0 Å². The molecule has 672 valence electrons. The predicted octanol–water partition coefficient (Wildman–Crippen LogP) is -2.78. The lowest BCUT2D eigenvalue weighted by atomic mass is 9.94. The maximum Gasteiger partial charge on any atom is 0.303 e. The van der Waals surface area contributed by atoms with Crippen LogP contribution in [0.15, 0.2) is 0 Å². The Bertz CT molecular complexity index is 3120. The fraction of sp³-hybridized carbons (Fsp3) is 0.750. The van der Waals surface area contributed by atoms with Crippen molar-refractivity contribution in [2.45, 2.75) is 309 Å². The van der Waals surface area contributed by atoms with Crippen LogP contribution in [0.4, 0.5) is 0 Å². The lowest BCUT2D eigenvalue weighted by Gasteiger charge is -2.52. The molecule has 22 heterocycles. The van der Waals surface area contributed by atoms with E-state index in [1.165, 1.54) is 0 Å². The predicted molar refractivity (Wildman–Crippen MR) is 368 cm³/mol. The van der Waals surface area contributed by atoms with E-state index in [0.717, 1.165) is 125 Å². The summed E-state index contributed by atoms with van der Waals surface area (Å²) in [6.07, 6.45) is -67.3. The van der Waals surface area contributed by atoms with Gasteiger partial charge in [-0.05, 0) is 0 Å². The van der Waals surface area contributed by atoms with Crippen LogP contribution in [0, 0.1) is 0 Å². The molecule has 0 aromatic rings. The molecule has 12 bridgehead atoms. The van der Waals surface area contributed by atoms with E-state index in [9.17, 15) is 86.3 Å². The molecule has 0 amide bonds. The van der Waals surface area contributed by atoms with E-state index in [-0.39, 0.29) is 0 Å². The minimum atomic E-state index is -2.39. The first-order valence-electron chi connectivity index (χ1n) is 37.0. The maximum absolute atomic E-state index is 13.8. The maximum atomic E-state index is 13.8. The lowest BCUT2D eigenvalue weighted by Crippen LogP contribution is -2.71. The van der Waals surface area contributed by atoms with Crippen LogP contribution in [-0.4, -0.2) is 331 Å². The van der Waals surface area contributed by atoms with Gasteiger partial charge in [0.2, 0.25) is 0 Å². The molecule has 22 aliphatic heterocycles. The molecule has 0 aromatic carbocycles. The number of esters is 18. The molecular weight excluding hydrogens is 1630 g/mol. The Morgan fingerprint density at radius 2 is 0.250 bits per heavy atom. The summed E-state index contributed by atoms with van der Waals surface area (Å²) in [5.41, 5.74) is 0. The van der Waals surface area contributed by atoms with Crippen molar-refractivity contribution in [3.05, 3.63) is 0 Å². The minimum Gasteiger partial charge on any atom is -0.463 e. The molecule has 22 rings (SSSR count). The fourth-order valence-corrected chi connectivity index (χ4v) is 13.7. The Morgan fingerprint density at radius 1 is 0.150 bits per heavy atom. The molecule has 22 saturated heterocycles. The Hall–Kier alpha value is -10.0. The van der Waals surface area contributed by atoms with Gasteiger partial charge in [0.15, 0.2) is 111 Å². The second kappa shape index (κ2) is 44.0. The van der Waals surface area contributed by atoms with Crippen LogP contribution in [0.2, 0.25) is 0 Å². The molecule has 0 N–H and O–H groups in total. The van der Waals surface area contributed by atoms with Gasteiger partial charge in [0, 0.05) is 125 Å². The minimum absolute atomic E-state index is 0.826. The third-order valence-corrected chi connectivity index (χ3v) is 17.6. The highest BCUT2D eigenvalue weighted by molar-refractivity contribution is 5.72. The first-order chi connectivity index (χ1) is 56.3. The Morgan fingerprint density at radius 3 is 0.342 bits per heavy atom. The molecule has 48 heteroatoms. The van der Waals surface area contributed by atoms with Crippen LogP contribution in [0.3, 0.4) is 0 Å². The molecule has 0 aromatic heterocycles. The highest BCUT2D eigenvalue weighted by atomic mass is 16.8. The van der Waals surface area contributed by atoms with Crippen molar-refractivity contribution in [1.29, 1.82) is 0 Å². The average molecular weight is 1730 g/mol. The van der Waals surface area contributed by atoms with Crippen LogP contribution in [0.5, 0.6) is 0 Å². The van der Waals surface area contributed by atoms with Gasteiger partial charge in [-0.1, -0.05) is 0 Å². The SMILES string of the molecule is CC(=O)OC[C@H]1O[C@@H]2O[C@H]3[C@H](OC(C)=O)[C@@H](OC(C)=O)[C@@H](O[C@H]4[C@H](OC(C)=O)C(OC(C)=O)[C@@H](O[C@H]5[C@H](OC(C)=O)[C@@H](OC(C)=O)[C@@H](O[C@H]6[C@H](OC(C)=O)[C@@H](OC(C)=O)[C@@H](O[C@H]7[C@H](OC(C)=O)[C@@H](OC(C)=O)[C@@H](O[C@H]1[C@H](OC(C)=O)[C@@H]2OC(C)=O)O[C@@H]7COC(C)=O)O[C@@H]6COC(C)=O)O[C@@H]5COC(C)=O)O[C@@H]4COC(C)=O)O[C@@H]3COC(C)=O. The first kappa shape index (κ1) is 97.1. The van der Waals surface area contributed by atoms with Crippen molar-refractivity contribution in [2.24, 2.45) is 0 Å². The van der Waals surface area contributed by atoms with E-state index in [1.807, 2.05) is 0 Å². The van der Waals surface area contributed by atoms with Gasteiger partial charge in [-0.15, -0.1) is 0 Å². The monoisotopic (exact) mass is 1730 g/mol. The standard InChI is InChI=1S/C72H96O48/c1-25(73)91-19-43-49-55(97-31(7)79)61(103-37(13)85)67(109-43)116-50-44(20-92-26(2)74)111-69(63(105-39(15)87)56(50)98-32(8)80)118-52-46(22-94-28(4)76)113-71(65(107-41(17)89)58(52)100-34(10)82)120-54-48(24-96-30(6)78)114-72(66(108-42(18)90)60(54)102-36(12)84)119-53-47(23-95-29(5)77)112-70(64(106-40(16)88)59(53)101-35(11)83)117-51-45(21-93-27(3)75)110-68(115-49)62(104-38(14)86)57(51)99-33(9)81/h43-72H,19-24H2,1-18H3/t43-,44-,45-,46-,47-,48-,49-,50-,51-,52-,53-,54-,55+,56+,57+,58+,59+,60+,61-,62-,63-,64?,65+,66-,67-,68-,69-,70-,71-,72-/m1/s1. The molecule has 22 aliphatic rings. The average Bonchev–Trinajstić information content (AvgIpc) is 0.755. The first-order valence-corrected chi connectivity index (χ1v) is 37.0. The number of ether oxygens (including phenoxy) is 30. The van der Waals surface area contributed by atoms with Crippen molar-refractivity contribution in [2.75, 3.05) is 39.6 Å². The molecule has 0 saturated carbocycles. The molecule has 30 atom stereocenters. The van der Waals surface area contributed by atoms with Crippen molar-refractivity contribution in [3.63, 3.8) is 0 Å². The lowest BCUT2D eigenvalue weighted by molar-refractivity contribution is -0.404. The van der Waals surface area contributed by atoms with Crippen LogP contribution in [-0.2, 0) is 228 Å². The molecule has 0 spiro atoms. The quantitative estimate of drug-likeness (QED) is 0.0697. The highest BCUT2D eigenvalue weighted by Gasteiger charge is 2.65. The largest absolute Gasteiger partial charge is 0.463 e. The molecule has 120 heavy (non-hydrogen) atoms. The molecule has 0 radical (unpaired) electrons. The van der Waals surface area contributed by atoms with Gasteiger partial charge in [0.1, 0.15) is 113 Å². The van der Waals surface area contributed by atoms with E-state index < -0.39 is 331 Å². The Balaban J connectivity index is 1.64. The van der Waals surface area contributed by atoms with Gasteiger partial charge < -0.3 is 142 Å². The van der Waals surface area contributed by atoms with E-state index in [4.69, 9.17) is 142 Å². The second-order valence-corrected chi connectivity index (χ2v) is 27.6. The third-order valence-electron chi connectivity index (χ3n) is 17.6.